The van der Waals surface area contributed by atoms with Crippen LogP contribution >= 0.6 is 23.2 Å². The Kier molecular flexibility index (Phi) is 4.35. The molecule has 0 atom stereocenters. The Labute approximate surface area is 124 Å². The number of nitrogens with zero attached hydrogens (tertiary/aromatic N) is 6. The molecule has 0 fully saturated rings. The van der Waals surface area contributed by atoms with Crippen LogP contribution in [0.3, 0.4) is 0 Å². The summed E-state index contributed by atoms with van der Waals surface area (Å²) < 4.78 is 0. The maximum absolute atomic E-state index is 8.39. The lowest BCUT2D eigenvalue weighted by molar-refractivity contribution is 1.22. The lowest BCUT2D eigenvalue weighted by atomic mass is 9.98. The molecule has 0 aromatic heterocycles. The molecule has 0 bridgehead atoms. The van der Waals surface area contributed by atoms with Crippen LogP contribution in [0.2, 0.25) is 0 Å². The summed E-state index contributed by atoms with van der Waals surface area (Å²) in [4.78, 5) is 0. The van der Waals surface area contributed by atoms with Crippen molar-refractivity contribution in [3.8, 4) is 0 Å². The van der Waals surface area contributed by atoms with Gasteiger partial charge in [-0.25, -0.2) is 0 Å². The van der Waals surface area contributed by atoms with E-state index in [1.54, 1.807) is 36.5 Å². The molecule has 0 saturated heterocycles. The summed E-state index contributed by atoms with van der Waals surface area (Å²) in [6, 6.07) is 0. The zero-order valence-electron chi connectivity index (χ0n) is 9.90. The van der Waals surface area contributed by atoms with Crippen molar-refractivity contribution in [3.05, 3.63) is 68.3 Å². The Balaban J connectivity index is 2.40. The number of hydrogen-bond donors (Lipinski definition) is 0. The summed E-state index contributed by atoms with van der Waals surface area (Å²) in [5, 5.41) is 21.4. The number of rotatable bonds is 1. The van der Waals surface area contributed by atoms with Crippen LogP contribution in [0.1, 0.15) is 0 Å². The van der Waals surface area contributed by atoms with Gasteiger partial charge in [-0.1, -0.05) is 41.4 Å². The van der Waals surface area contributed by atoms with Crippen LogP contribution < -0.4 is 0 Å². The SMILES string of the molecule is N#[N+]N=C1C=CC(=C2C=CC(=NN=[N-])C(Cl)=C2)C=C1Cl. The van der Waals surface area contributed by atoms with Crippen molar-refractivity contribution >= 4 is 34.6 Å². The molecule has 0 unspecified atom stereocenters. The number of hydrogen-bond acceptors (Lipinski definition) is 3. The third-order valence-corrected chi connectivity index (χ3v) is 3.14. The molecule has 0 heterocycles. The Morgan fingerprint density at radius 3 is 1.95 bits per heavy atom. The molecule has 0 aromatic rings. The van der Waals surface area contributed by atoms with E-state index in [9.17, 15) is 0 Å². The number of allylic oxidation sites excluding steroid dienone is 10. The highest BCUT2D eigenvalue weighted by Crippen LogP contribution is 2.25. The topological polar surface area (TPSA) is 87.5 Å². The summed E-state index contributed by atoms with van der Waals surface area (Å²) in [5.74, 6) is 0. The van der Waals surface area contributed by atoms with Crippen LogP contribution in [-0.2, 0) is 0 Å². The predicted octanol–water partition coefficient (Wildman–Crippen LogP) is 4.25. The lowest BCUT2D eigenvalue weighted by Crippen LogP contribution is -2.02. The second-order valence-electron chi connectivity index (χ2n) is 3.71. The minimum Gasteiger partial charge on any atom is -0.362 e. The second kappa shape index (κ2) is 6.19. The molecule has 0 radical (unpaired) electrons. The van der Waals surface area contributed by atoms with Crippen molar-refractivity contribution < 1.29 is 0 Å². The van der Waals surface area contributed by atoms with Crippen molar-refractivity contribution in [1.29, 1.82) is 5.39 Å². The Hall–Kier alpha value is -2.36. The van der Waals surface area contributed by atoms with Gasteiger partial charge in [-0.2, -0.15) is 0 Å². The lowest BCUT2D eigenvalue weighted by Gasteiger charge is -2.13. The molecule has 0 saturated carbocycles. The molecule has 0 aromatic carbocycles. The fraction of sp³-hybridized carbons (Fsp3) is 0. The van der Waals surface area contributed by atoms with Crippen molar-refractivity contribution in [2.24, 2.45) is 15.4 Å². The van der Waals surface area contributed by atoms with Crippen molar-refractivity contribution in [2.45, 2.75) is 0 Å². The van der Waals surface area contributed by atoms with Gasteiger partial charge in [0.1, 0.15) is 0 Å². The number of diazo groups is 1. The highest BCUT2D eigenvalue weighted by molar-refractivity contribution is 6.46. The van der Waals surface area contributed by atoms with Gasteiger partial charge in [0.05, 0.1) is 5.03 Å². The predicted molar refractivity (Wildman–Crippen MR) is 78.9 cm³/mol. The molecule has 0 aliphatic heterocycles. The summed E-state index contributed by atoms with van der Waals surface area (Å²) in [6.07, 6.45) is 10.1. The van der Waals surface area contributed by atoms with Gasteiger partial charge in [-0.3, -0.25) is 5.22 Å². The molecule has 2 aliphatic rings. The van der Waals surface area contributed by atoms with Crippen molar-refractivity contribution in [2.75, 3.05) is 0 Å². The third-order valence-electron chi connectivity index (χ3n) is 2.53. The summed E-state index contributed by atoms with van der Waals surface area (Å²) in [5.41, 5.74) is 10.7. The highest BCUT2D eigenvalue weighted by Gasteiger charge is 2.14. The van der Waals surface area contributed by atoms with Gasteiger partial charge in [0.15, 0.2) is 10.8 Å². The minimum absolute atomic E-state index is 0.343. The molecule has 20 heavy (non-hydrogen) atoms. The molecular weight excluding hydrogens is 299 g/mol. The van der Waals surface area contributed by atoms with Crippen LogP contribution in [0.25, 0.3) is 10.6 Å². The van der Waals surface area contributed by atoms with Crippen LogP contribution in [-0.4, -0.2) is 11.4 Å². The fourth-order valence-corrected chi connectivity index (χ4v) is 2.07. The van der Waals surface area contributed by atoms with E-state index >= 15 is 0 Å². The molecule has 2 aliphatic carbocycles. The molecule has 0 amide bonds. The van der Waals surface area contributed by atoms with Gasteiger partial charge in [0, 0.05) is 5.03 Å². The first-order valence-electron chi connectivity index (χ1n) is 5.35. The quantitative estimate of drug-likeness (QED) is 0.404. The summed E-state index contributed by atoms with van der Waals surface area (Å²) in [7, 11) is 0. The Bertz CT molecular complexity index is 713. The maximum atomic E-state index is 8.39. The smallest absolute Gasteiger partial charge is 0.339 e. The minimum atomic E-state index is 0.343. The average molecular weight is 305 g/mol. The van der Waals surface area contributed by atoms with Gasteiger partial charge >= 0.3 is 5.08 Å². The normalized spacial score (nSPS) is 25.4. The molecule has 0 N–H and O–H groups in total. The van der Waals surface area contributed by atoms with E-state index in [0.717, 1.165) is 11.1 Å². The summed E-state index contributed by atoms with van der Waals surface area (Å²) in [6.45, 7) is 0. The Morgan fingerprint density at radius 2 is 1.50 bits per heavy atom. The monoisotopic (exact) mass is 304 g/mol. The maximum Gasteiger partial charge on any atom is 0.339 e. The van der Waals surface area contributed by atoms with Crippen LogP contribution in [0.4, 0.5) is 0 Å². The standard InChI is InChI=1S/C12H6Cl2N6/c13-9-5-7(1-3-11(9)17-19-15)8-2-4-12(18-20-16)10(14)6-8/h1-6H. The van der Waals surface area contributed by atoms with E-state index in [1.807, 2.05) is 0 Å². The van der Waals surface area contributed by atoms with E-state index in [0.29, 0.717) is 21.5 Å². The van der Waals surface area contributed by atoms with Crippen molar-refractivity contribution in [1.82, 2.24) is 0 Å². The zero-order chi connectivity index (χ0) is 14.5. The first-order valence-corrected chi connectivity index (χ1v) is 6.11. The summed E-state index contributed by atoms with van der Waals surface area (Å²) >= 11 is 12.0. The van der Waals surface area contributed by atoms with Gasteiger partial charge in [-0.05, 0) is 35.1 Å². The first kappa shape index (κ1) is 14.1. The van der Waals surface area contributed by atoms with Gasteiger partial charge < -0.3 is 10.6 Å². The molecular formula is C12H6Cl2N6. The van der Waals surface area contributed by atoms with Crippen LogP contribution in [0.5, 0.6) is 0 Å². The van der Waals surface area contributed by atoms with Crippen LogP contribution in [0, 0.1) is 5.39 Å². The van der Waals surface area contributed by atoms with E-state index in [1.165, 1.54) is 0 Å². The van der Waals surface area contributed by atoms with Gasteiger partial charge in [-0.15, -0.1) is 0 Å². The Morgan fingerprint density at radius 1 is 0.950 bits per heavy atom. The van der Waals surface area contributed by atoms with Crippen LogP contribution in [0.15, 0.2) is 73.1 Å². The molecule has 6 nitrogen and oxygen atoms in total. The second-order valence-corrected chi connectivity index (χ2v) is 4.53. The fourth-order valence-electron chi connectivity index (χ4n) is 1.63. The zero-order valence-corrected chi connectivity index (χ0v) is 11.4. The molecule has 0 spiro atoms. The molecule has 8 heteroatoms. The largest absolute Gasteiger partial charge is 0.362 e. The van der Waals surface area contributed by atoms with E-state index < -0.39 is 0 Å². The van der Waals surface area contributed by atoms with E-state index in [-0.39, 0.29) is 0 Å². The first-order chi connectivity index (χ1) is 9.65. The number of halogens is 2. The van der Waals surface area contributed by atoms with Gasteiger partial charge in [0.2, 0.25) is 0 Å². The van der Waals surface area contributed by atoms with E-state index in [4.69, 9.17) is 34.1 Å². The third kappa shape index (κ3) is 2.96. The molecule has 2 rings (SSSR count). The van der Waals surface area contributed by atoms with E-state index in [2.05, 4.69) is 20.5 Å². The molecule has 98 valence electrons. The average Bonchev–Trinajstić information content (AvgIpc) is 2.44. The van der Waals surface area contributed by atoms with Gasteiger partial charge in [0.25, 0.3) is 5.39 Å². The highest BCUT2D eigenvalue weighted by atomic mass is 35.5. The van der Waals surface area contributed by atoms with Crippen molar-refractivity contribution in [3.63, 3.8) is 0 Å².